The Kier molecular flexibility index (Phi) is 2.86. The highest BCUT2D eigenvalue weighted by Gasteiger charge is 2.34. The Morgan fingerprint density at radius 3 is 2.77 bits per heavy atom. The number of rotatable bonds is 2. The predicted octanol–water partition coefficient (Wildman–Crippen LogP) is 0.114. The van der Waals surface area contributed by atoms with Crippen LogP contribution in [0.4, 0.5) is 0 Å². The number of nitrogens with two attached hydrogens (primary N) is 1. The van der Waals surface area contributed by atoms with Crippen LogP contribution in [-0.2, 0) is 0 Å². The van der Waals surface area contributed by atoms with E-state index < -0.39 is 0 Å². The Balaban J connectivity index is 1.95. The first-order valence-electron chi connectivity index (χ1n) is 5.45. The molecule has 2 fully saturated rings. The summed E-state index contributed by atoms with van der Waals surface area (Å²) in [6, 6.07) is 1.66. The Morgan fingerprint density at radius 2 is 2.00 bits per heavy atom. The standard InChI is InChI=1S/C10H21N3/c1-12-9-2-3-10(12)8-13(6-4-9)7-5-11/h9-10H,2-8,11H2,1H3. The topological polar surface area (TPSA) is 32.5 Å². The zero-order valence-corrected chi connectivity index (χ0v) is 8.58. The number of fused-ring (bicyclic) bond motifs is 2. The molecule has 0 aromatic heterocycles. The minimum Gasteiger partial charge on any atom is -0.329 e. The van der Waals surface area contributed by atoms with Crippen LogP contribution in [-0.4, -0.2) is 55.1 Å². The lowest BCUT2D eigenvalue weighted by Gasteiger charge is -2.24. The summed E-state index contributed by atoms with van der Waals surface area (Å²) in [4.78, 5) is 5.11. The Labute approximate surface area is 80.9 Å². The van der Waals surface area contributed by atoms with Crippen molar-refractivity contribution in [2.45, 2.75) is 31.3 Å². The number of hydrogen-bond donors (Lipinski definition) is 1. The van der Waals surface area contributed by atoms with Crippen LogP contribution >= 0.6 is 0 Å². The van der Waals surface area contributed by atoms with E-state index in [0.717, 1.165) is 25.2 Å². The summed E-state index contributed by atoms with van der Waals surface area (Å²) in [6.45, 7) is 4.38. The number of hydrogen-bond acceptors (Lipinski definition) is 3. The van der Waals surface area contributed by atoms with Crippen molar-refractivity contribution < 1.29 is 0 Å². The zero-order valence-electron chi connectivity index (χ0n) is 8.58. The second-order valence-electron chi connectivity index (χ2n) is 4.43. The first-order valence-corrected chi connectivity index (χ1v) is 5.45. The Morgan fingerprint density at radius 1 is 1.23 bits per heavy atom. The van der Waals surface area contributed by atoms with Gasteiger partial charge in [-0.25, -0.2) is 0 Å². The van der Waals surface area contributed by atoms with E-state index >= 15 is 0 Å². The minimum absolute atomic E-state index is 0.805. The average molecular weight is 183 g/mol. The van der Waals surface area contributed by atoms with Gasteiger partial charge in [0.25, 0.3) is 0 Å². The van der Waals surface area contributed by atoms with Gasteiger partial charge in [-0.2, -0.15) is 0 Å². The van der Waals surface area contributed by atoms with Gasteiger partial charge in [0, 0.05) is 31.7 Å². The summed E-state index contributed by atoms with van der Waals surface area (Å²) in [6.07, 6.45) is 4.15. The molecule has 0 aromatic carbocycles. The van der Waals surface area contributed by atoms with Crippen LogP contribution in [0.15, 0.2) is 0 Å². The minimum atomic E-state index is 0.805. The molecule has 3 nitrogen and oxygen atoms in total. The summed E-state index contributed by atoms with van der Waals surface area (Å²) in [7, 11) is 2.29. The van der Waals surface area contributed by atoms with Gasteiger partial charge in [0.2, 0.25) is 0 Å². The molecule has 2 aliphatic heterocycles. The number of likely N-dealkylation sites (tertiary alicyclic amines) is 1. The molecule has 2 atom stereocenters. The van der Waals surface area contributed by atoms with Crippen molar-refractivity contribution >= 4 is 0 Å². The van der Waals surface area contributed by atoms with E-state index in [-0.39, 0.29) is 0 Å². The fourth-order valence-electron chi connectivity index (χ4n) is 2.76. The lowest BCUT2D eigenvalue weighted by Crippen LogP contribution is -2.38. The van der Waals surface area contributed by atoms with Crippen LogP contribution in [0.1, 0.15) is 19.3 Å². The van der Waals surface area contributed by atoms with Crippen LogP contribution in [0.5, 0.6) is 0 Å². The maximum absolute atomic E-state index is 5.59. The van der Waals surface area contributed by atoms with Gasteiger partial charge < -0.3 is 10.6 Å². The summed E-state index contributed by atoms with van der Waals surface area (Å²) < 4.78 is 0. The summed E-state index contributed by atoms with van der Waals surface area (Å²) in [5.41, 5.74) is 5.59. The van der Waals surface area contributed by atoms with Crippen molar-refractivity contribution in [3.63, 3.8) is 0 Å². The second-order valence-corrected chi connectivity index (χ2v) is 4.43. The van der Waals surface area contributed by atoms with Gasteiger partial charge in [-0.15, -0.1) is 0 Å². The second kappa shape index (κ2) is 3.95. The monoisotopic (exact) mass is 183 g/mol. The van der Waals surface area contributed by atoms with Crippen LogP contribution < -0.4 is 5.73 Å². The number of nitrogens with zero attached hydrogens (tertiary/aromatic N) is 2. The number of likely N-dealkylation sites (N-methyl/N-ethyl adjacent to an activating group) is 1. The van der Waals surface area contributed by atoms with Crippen LogP contribution in [0.25, 0.3) is 0 Å². The highest BCUT2D eigenvalue weighted by Crippen LogP contribution is 2.27. The Hall–Kier alpha value is -0.120. The van der Waals surface area contributed by atoms with E-state index in [9.17, 15) is 0 Å². The molecular formula is C10H21N3. The van der Waals surface area contributed by atoms with Crippen molar-refractivity contribution in [2.24, 2.45) is 5.73 Å². The quantitative estimate of drug-likeness (QED) is 0.660. The van der Waals surface area contributed by atoms with E-state index in [1.54, 1.807) is 0 Å². The first kappa shape index (κ1) is 9.44. The normalized spacial score (nSPS) is 36.5. The highest BCUT2D eigenvalue weighted by molar-refractivity contribution is 4.90. The molecule has 13 heavy (non-hydrogen) atoms. The van der Waals surface area contributed by atoms with Gasteiger partial charge in [0.05, 0.1) is 0 Å². The van der Waals surface area contributed by atoms with Crippen molar-refractivity contribution in [1.82, 2.24) is 9.80 Å². The van der Waals surface area contributed by atoms with Crippen molar-refractivity contribution in [3.8, 4) is 0 Å². The third-order valence-electron chi connectivity index (χ3n) is 3.68. The molecule has 3 heteroatoms. The molecule has 2 heterocycles. The van der Waals surface area contributed by atoms with E-state index in [0.29, 0.717) is 0 Å². The molecule has 2 aliphatic rings. The molecule has 2 N–H and O–H groups in total. The summed E-state index contributed by atoms with van der Waals surface area (Å²) in [5.74, 6) is 0. The summed E-state index contributed by atoms with van der Waals surface area (Å²) >= 11 is 0. The van der Waals surface area contributed by atoms with E-state index in [1.165, 1.54) is 32.4 Å². The van der Waals surface area contributed by atoms with Crippen LogP contribution in [0.2, 0.25) is 0 Å². The molecular weight excluding hydrogens is 162 g/mol. The Bertz CT molecular complexity index is 172. The zero-order chi connectivity index (χ0) is 9.26. The lowest BCUT2D eigenvalue weighted by molar-refractivity contribution is 0.222. The molecule has 0 aliphatic carbocycles. The van der Waals surface area contributed by atoms with Gasteiger partial charge in [0.1, 0.15) is 0 Å². The van der Waals surface area contributed by atoms with E-state index in [2.05, 4.69) is 16.8 Å². The molecule has 0 amide bonds. The van der Waals surface area contributed by atoms with Crippen LogP contribution in [0, 0.1) is 0 Å². The molecule has 0 aromatic rings. The molecule has 2 saturated heterocycles. The van der Waals surface area contributed by atoms with Gasteiger partial charge in [-0.05, 0) is 32.9 Å². The highest BCUT2D eigenvalue weighted by atomic mass is 15.3. The van der Waals surface area contributed by atoms with Crippen molar-refractivity contribution in [3.05, 3.63) is 0 Å². The first-order chi connectivity index (χ1) is 6.31. The molecule has 0 spiro atoms. The fraction of sp³-hybridized carbons (Fsp3) is 1.00. The SMILES string of the molecule is CN1C2CCC1CN(CCN)CC2. The molecule has 2 unspecified atom stereocenters. The van der Waals surface area contributed by atoms with Crippen molar-refractivity contribution in [2.75, 3.05) is 33.2 Å². The lowest BCUT2D eigenvalue weighted by atomic mass is 10.1. The van der Waals surface area contributed by atoms with E-state index in [1.807, 2.05) is 0 Å². The van der Waals surface area contributed by atoms with Gasteiger partial charge in [-0.3, -0.25) is 4.90 Å². The van der Waals surface area contributed by atoms with Crippen LogP contribution in [0.3, 0.4) is 0 Å². The fourth-order valence-corrected chi connectivity index (χ4v) is 2.76. The maximum atomic E-state index is 5.59. The predicted molar refractivity (Wildman–Crippen MR) is 54.7 cm³/mol. The molecule has 76 valence electrons. The largest absolute Gasteiger partial charge is 0.329 e. The molecule has 0 saturated carbocycles. The van der Waals surface area contributed by atoms with Gasteiger partial charge in [-0.1, -0.05) is 0 Å². The molecule has 0 radical (unpaired) electrons. The molecule has 2 rings (SSSR count). The summed E-state index contributed by atoms with van der Waals surface area (Å²) in [5, 5.41) is 0. The van der Waals surface area contributed by atoms with E-state index in [4.69, 9.17) is 5.73 Å². The molecule has 2 bridgehead atoms. The smallest absolute Gasteiger partial charge is 0.0223 e. The maximum Gasteiger partial charge on any atom is 0.0223 e. The third kappa shape index (κ3) is 1.87. The van der Waals surface area contributed by atoms with Gasteiger partial charge >= 0.3 is 0 Å². The third-order valence-corrected chi connectivity index (χ3v) is 3.68. The van der Waals surface area contributed by atoms with Gasteiger partial charge in [0.15, 0.2) is 0 Å². The average Bonchev–Trinajstić information content (AvgIpc) is 2.33. The van der Waals surface area contributed by atoms with Crippen molar-refractivity contribution in [1.29, 1.82) is 0 Å².